The summed E-state index contributed by atoms with van der Waals surface area (Å²) >= 11 is 0. The average molecular weight is 356 g/mol. The van der Waals surface area contributed by atoms with Gasteiger partial charge in [-0.2, -0.15) is 5.10 Å². The lowest BCUT2D eigenvalue weighted by molar-refractivity contribution is -0.132. The Hall–Kier alpha value is -2.18. The molecule has 0 spiro atoms. The maximum Gasteiger partial charge on any atom is 0.223 e. The van der Waals surface area contributed by atoms with Crippen molar-refractivity contribution in [1.29, 1.82) is 0 Å². The number of amides is 1. The van der Waals surface area contributed by atoms with Gasteiger partial charge in [0.15, 0.2) is 0 Å². The van der Waals surface area contributed by atoms with Crippen LogP contribution in [0, 0.1) is 13.8 Å². The third kappa shape index (κ3) is 3.39. The van der Waals surface area contributed by atoms with E-state index in [0.717, 1.165) is 49.4 Å². The largest absolute Gasteiger partial charge is 0.338 e. The molecule has 3 heterocycles. The first-order valence-electron chi connectivity index (χ1n) is 9.71. The minimum absolute atomic E-state index is 0.243. The normalized spacial score (nSPS) is 20.1. The molecule has 1 atom stereocenters. The lowest BCUT2D eigenvalue weighted by Gasteiger charge is -2.24. The van der Waals surface area contributed by atoms with Crippen LogP contribution in [-0.4, -0.2) is 48.2 Å². The first-order chi connectivity index (χ1) is 12.5. The molecule has 2 aromatic heterocycles. The van der Waals surface area contributed by atoms with Crippen LogP contribution in [0.5, 0.6) is 0 Å². The highest BCUT2D eigenvalue weighted by Crippen LogP contribution is 2.38. The van der Waals surface area contributed by atoms with Crippen molar-refractivity contribution < 1.29 is 4.79 Å². The van der Waals surface area contributed by atoms with E-state index >= 15 is 0 Å². The molecule has 1 aliphatic carbocycles. The highest BCUT2D eigenvalue weighted by Gasteiger charge is 2.30. The number of rotatable bonds is 6. The van der Waals surface area contributed by atoms with Gasteiger partial charge in [-0.1, -0.05) is 5.21 Å². The van der Waals surface area contributed by atoms with Crippen LogP contribution in [0.2, 0.25) is 0 Å². The zero-order valence-electron chi connectivity index (χ0n) is 16.0. The smallest absolute Gasteiger partial charge is 0.223 e. The van der Waals surface area contributed by atoms with E-state index in [-0.39, 0.29) is 11.9 Å². The summed E-state index contributed by atoms with van der Waals surface area (Å²) in [6.45, 7) is 5.71. The van der Waals surface area contributed by atoms with Crippen LogP contribution in [0.15, 0.2) is 6.20 Å². The molecular weight excluding hydrogens is 328 g/mol. The zero-order chi connectivity index (χ0) is 18.3. The third-order valence-electron chi connectivity index (χ3n) is 5.90. The first-order valence-corrected chi connectivity index (χ1v) is 9.71. The van der Waals surface area contributed by atoms with Crippen LogP contribution in [0.1, 0.15) is 60.7 Å². The molecule has 1 amide bonds. The molecule has 0 bridgehead atoms. The van der Waals surface area contributed by atoms with Crippen molar-refractivity contribution in [2.75, 3.05) is 6.54 Å². The second kappa shape index (κ2) is 6.85. The summed E-state index contributed by atoms with van der Waals surface area (Å²) < 4.78 is 3.83. The fourth-order valence-corrected chi connectivity index (χ4v) is 4.09. The van der Waals surface area contributed by atoms with E-state index in [4.69, 9.17) is 0 Å². The Bertz CT molecular complexity index is 803. The number of nitrogens with zero attached hydrogens (tertiary/aromatic N) is 6. The number of hydrogen-bond acceptors (Lipinski definition) is 4. The van der Waals surface area contributed by atoms with E-state index in [2.05, 4.69) is 33.4 Å². The number of aryl methyl sites for hydroxylation is 2. The predicted molar refractivity (Wildman–Crippen MR) is 97.7 cm³/mol. The Labute approximate surface area is 154 Å². The SMILES string of the molecule is Cc1nn(C)c(C)c1CCC(=O)N1CCC[C@H]1Cn1cc(C2CC2)nn1. The molecule has 7 heteroatoms. The number of carbonyl (C=O) groups is 1. The van der Waals surface area contributed by atoms with Crippen LogP contribution in [0.25, 0.3) is 0 Å². The number of aromatic nitrogens is 5. The molecule has 1 aliphatic heterocycles. The Morgan fingerprint density at radius 2 is 2.08 bits per heavy atom. The monoisotopic (exact) mass is 356 g/mol. The Kier molecular flexibility index (Phi) is 4.54. The fraction of sp³-hybridized carbons (Fsp3) is 0.684. The van der Waals surface area contributed by atoms with Crippen LogP contribution >= 0.6 is 0 Å². The number of likely N-dealkylation sites (tertiary alicyclic amines) is 1. The molecule has 1 saturated carbocycles. The summed E-state index contributed by atoms with van der Waals surface area (Å²) in [5.41, 5.74) is 4.51. The van der Waals surface area contributed by atoms with E-state index in [1.807, 2.05) is 23.3 Å². The highest BCUT2D eigenvalue weighted by atomic mass is 16.2. The fourth-order valence-electron chi connectivity index (χ4n) is 4.09. The van der Waals surface area contributed by atoms with Crippen molar-refractivity contribution in [3.63, 3.8) is 0 Å². The topological polar surface area (TPSA) is 68.8 Å². The second-order valence-electron chi connectivity index (χ2n) is 7.80. The summed E-state index contributed by atoms with van der Waals surface area (Å²) in [6, 6.07) is 0.243. The summed E-state index contributed by atoms with van der Waals surface area (Å²) in [5.74, 6) is 0.869. The predicted octanol–water partition coefficient (Wildman–Crippen LogP) is 2.13. The summed E-state index contributed by atoms with van der Waals surface area (Å²) in [7, 11) is 1.96. The van der Waals surface area contributed by atoms with E-state index in [1.54, 1.807) is 0 Å². The van der Waals surface area contributed by atoms with Gasteiger partial charge in [-0.3, -0.25) is 14.2 Å². The molecule has 0 N–H and O–H groups in total. The lowest BCUT2D eigenvalue weighted by Crippen LogP contribution is -2.38. The van der Waals surface area contributed by atoms with Gasteiger partial charge < -0.3 is 4.90 Å². The van der Waals surface area contributed by atoms with Crippen LogP contribution in [0.4, 0.5) is 0 Å². The van der Waals surface area contributed by atoms with Gasteiger partial charge in [0, 0.05) is 37.8 Å². The van der Waals surface area contributed by atoms with Gasteiger partial charge in [0.1, 0.15) is 0 Å². The molecule has 0 radical (unpaired) electrons. The maximum absolute atomic E-state index is 12.8. The van der Waals surface area contributed by atoms with Crippen molar-refractivity contribution in [2.45, 2.75) is 70.9 Å². The minimum Gasteiger partial charge on any atom is -0.338 e. The molecule has 1 saturated heterocycles. The van der Waals surface area contributed by atoms with Gasteiger partial charge in [-0.15, -0.1) is 5.10 Å². The number of hydrogen-bond donors (Lipinski definition) is 0. The van der Waals surface area contributed by atoms with Crippen molar-refractivity contribution in [1.82, 2.24) is 29.7 Å². The summed E-state index contributed by atoms with van der Waals surface area (Å²) in [6.07, 6.45) is 7.99. The van der Waals surface area contributed by atoms with Gasteiger partial charge in [-0.25, -0.2) is 0 Å². The molecule has 2 fully saturated rings. The van der Waals surface area contributed by atoms with Crippen molar-refractivity contribution in [2.24, 2.45) is 7.05 Å². The molecule has 2 aromatic rings. The zero-order valence-corrected chi connectivity index (χ0v) is 16.0. The molecule has 0 unspecified atom stereocenters. The molecule has 4 rings (SSSR count). The highest BCUT2D eigenvalue weighted by molar-refractivity contribution is 5.77. The molecule has 2 aliphatic rings. The molecule has 7 nitrogen and oxygen atoms in total. The summed E-state index contributed by atoms with van der Waals surface area (Å²) in [5, 5.41) is 13.0. The van der Waals surface area contributed by atoms with Crippen molar-refractivity contribution >= 4 is 5.91 Å². The van der Waals surface area contributed by atoms with Gasteiger partial charge in [0.25, 0.3) is 0 Å². The van der Waals surface area contributed by atoms with Gasteiger partial charge >= 0.3 is 0 Å². The van der Waals surface area contributed by atoms with Crippen LogP contribution in [0.3, 0.4) is 0 Å². The van der Waals surface area contributed by atoms with E-state index in [1.165, 1.54) is 18.4 Å². The van der Waals surface area contributed by atoms with Gasteiger partial charge in [0.2, 0.25) is 5.91 Å². The van der Waals surface area contributed by atoms with Gasteiger partial charge in [-0.05, 0) is 51.5 Å². The first kappa shape index (κ1) is 17.2. The van der Waals surface area contributed by atoms with Crippen molar-refractivity contribution in [3.8, 4) is 0 Å². The lowest BCUT2D eigenvalue weighted by atomic mass is 10.1. The van der Waals surface area contributed by atoms with Crippen molar-refractivity contribution in [3.05, 3.63) is 28.8 Å². The maximum atomic E-state index is 12.8. The molecule has 140 valence electrons. The number of carbonyl (C=O) groups excluding carboxylic acids is 1. The Morgan fingerprint density at radius 1 is 1.27 bits per heavy atom. The minimum atomic E-state index is 0.243. The quantitative estimate of drug-likeness (QED) is 0.795. The standard InChI is InChI=1S/C19H28N6O/c1-13-17(14(2)23(3)21-13)8-9-19(26)25-10-4-5-16(25)11-24-12-18(20-22-24)15-6-7-15/h12,15-16H,4-11H2,1-3H3/t16-/m0/s1. The van der Waals surface area contributed by atoms with E-state index < -0.39 is 0 Å². The van der Waals surface area contributed by atoms with Gasteiger partial charge in [0.05, 0.1) is 24.0 Å². The molecular formula is C19H28N6O. The average Bonchev–Trinajstić information content (AvgIpc) is 3.08. The Balaban J connectivity index is 1.36. The van der Waals surface area contributed by atoms with Crippen LogP contribution in [-0.2, 0) is 24.8 Å². The van der Waals surface area contributed by atoms with E-state index in [0.29, 0.717) is 12.3 Å². The van der Waals surface area contributed by atoms with Crippen LogP contribution < -0.4 is 0 Å². The third-order valence-corrected chi connectivity index (χ3v) is 5.90. The van der Waals surface area contributed by atoms with E-state index in [9.17, 15) is 4.79 Å². The molecule has 26 heavy (non-hydrogen) atoms. The second-order valence-corrected chi connectivity index (χ2v) is 7.80. The Morgan fingerprint density at radius 3 is 2.77 bits per heavy atom. The molecule has 0 aromatic carbocycles. The summed E-state index contributed by atoms with van der Waals surface area (Å²) in [4.78, 5) is 14.9.